The van der Waals surface area contributed by atoms with Gasteiger partial charge in [0.05, 0.1) is 32.3 Å². The molecule has 0 fully saturated rings. The Kier molecular flexibility index (Phi) is 5.34. The van der Waals surface area contributed by atoms with E-state index in [-0.39, 0.29) is 18.0 Å². The van der Waals surface area contributed by atoms with Crippen LogP contribution in [0.15, 0.2) is 41.9 Å². The predicted molar refractivity (Wildman–Crippen MR) is 113 cm³/mol. The number of carbonyl (C=O) groups excluding carboxylic acids is 1. The highest BCUT2D eigenvalue weighted by molar-refractivity contribution is 7.22. The molecule has 1 amide bonds. The Labute approximate surface area is 176 Å². The second-order valence-electron chi connectivity index (χ2n) is 5.78. The molecule has 0 aliphatic carbocycles. The average molecular weight is 447 g/mol. The number of thiazole rings is 2. The van der Waals surface area contributed by atoms with Gasteiger partial charge >= 0.3 is 0 Å². The van der Waals surface area contributed by atoms with E-state index in [1.165, 1.54) is 41.0 Å². The zero-order chi connectivity index (χ0) is 20.4. The van der Waals surface area contributed by atoms with Crippen molar-refractivity contribution in [2.45, 2.75) is 6.42 Å². The van der Waals surface area contributed by atoms with E-state index in [4.69, 9.17) is 11.6 Å². The number of aromatic nitrogens is 3. The fourth-order valence-electron chi connectivity index (χ4n) is 2.41. The van der Waals surface area contributed by atoms with E-state index >= 15 is 0 Å². The highest BCUT2D eigenvalue weighted by atomic mass is 35.5. The number of pyridine rings is 1. The molecular formula is C17H11ClN6O3S2. The van der Waals surface area contributed by atoms with Gasteiger partial charge in [0, 0.05) is 23.7 Å². The van der Waals surface area contributed by atoms with E-state index in [9.17, 15) is 14.9 Å². The number of nitro benzene ring substituents is 1. The fourth-order valence-corrected chi connectivity index (χ4v) is 4.16. The van der Waals surface area contributed by atoms with Gasteiger partial charge in [0.1, 0.15) is 5.82 Å². The van der Waals surface area contributed by atoms with Gasteiger partial charge in [-0.2, -0.15) is 0 Å². The van der Waals surface area contributed by atoms with Gasteiger partial charge in [0.2, 0.25) is 5.91 Å². The van der Waals surface area contributed by atoms with Crippen molar-refractivity contribution in [3.63, 3.8) is 0 Å². The number of carbonyl (C=O) groups is 1. The van der Waals surface area contributed by atoms with Crippen LogP contribution < -0.4 is 10.6 Å². The first kappa shape index (κ1) is 19.2. The molecule has 0 spiro atoms. The summed E-state index contributed by atoms with van der Waals surface area (Å²) in [5.41, 5.74) is 1.17. The Morgan fingerprint density at radius 2 is 2.07 bits per heavy atom. The number of nitrogens with zero attached hydrogens (tertiary/aromatic N) is 4. The van der Waals surface area contributed by atoms with E-state index in [1.54, 1.807) is 23.6 Å². The standard InChI is InChI=1S/C17H11ClN6O3S2/c18-9-1-4-14(19-7-9)22-16-20-10(8-28-16)5-15(25)23-17-21-12-3-2-11(24(26)27)6-13(12)29-17/h1-4,6-8H,5H2,(H,19,20,22)(H,21,23,25). The second kappa shape index (κ2) is 8.07. The minimum atomic E-state index is -0.467. The average Bonchev–Trinajstić information content (AvgIpc) is 3.28. The van der Waals surface area contributed by atoms with Crippen LogP contribution in [0.25, 0.3) is 10.2 Å². The molecule has 0 bridgehead atoms. The Bertz CT molecular complexity index is 1210. The Hall–Kier alpha value is -3.15. The lowest BCUT2D eigenvalue weighted by Gasteiger charge is -2.01. The Morgan fingerprint density at radius 1 is 1.21 bits per heavy atom. The maximum absolute atomic E-state index is 12.3. The Balaban J connectivity index is 1.39. The summed E-state index contributed by atoms with van der Waals surface area (Å²) >= 11 is 8.34. The van der Waals surface area contributed by atoms with Gasteiger partial charge in [0.15, 0.2) is 10.3 Å². The first-order chi connectivity index (χ1) is 14.0. The topological polar surface area (TPSA) is 123 Å². The quantitative estimate of drug-likeness (QED) is 0.326. The number of amides is 1. The molecular weight excluding hydrogens is 436 g/mol. The molecule has 0 unspecified atom stereocenters. The highest BCUT2D eigenvalue weighted by Gasteiger charge is 2.13. The van der Waals surface area contributed by atoms with E-state index in [0.717, 1.165) is 0 Å². The van der Waals surface area contributed by atoms with Gasteiger partial charge in [-0.05, 0) is 18.2 Å². The minimum Gasteiger partial charge on any atom is -0.316 e. The molecule has 9 nitrogen and oxygen atoms in total. The second-order valence-corrected chi connectivity index (χ2v) is 8.11. The van der Waals surface area contributed by atoms with E-state index in [1.807, 2.05) is 0 Å². The van der Waals surface area contributed by atoms with Gasteiger partial charge in [-0.3, -0.25) is 14.9 Å². The molecule has 12 heteroatoms. The van der Waals surface area contributed by atoms with E-state index in [2.05, 4.69) is 25.6 Å². The van der Waals surface area contributed by atoms with Crippen LogP contribution >= 0.6 is 34.3 Å². The Morgan fingerprint density at radius 3 is 2.83 bits per heavy atom. The fraction of sp³-hybridized carbons (Fsp3) is 0.0588. The van der Waals surface area contributed by atoms with Crippen molar-refractivity contribution in [1.82, 2.24) is 15.0 Å². The summed E-state index contributed by atoms with van der Waals surface area (Å²) in [7, 11) is 0. The van der Waals surface area contributed by atoms with Crippen molar-refractivity contribution in [2.75, 3.05) is 10.6 Å². The summed E-state index contributed by atoms with van der Waals surface area (Å²) in [5, 5.41) is 19.9. The lowest BCUT2D eigenvalue weighted by atomic mass is 10.3. The lowest BCUT2D eigenvalue weighted by molar-refractivity contribution is -0.384. The smallest absolute Gasteiger partial charge is 0.270 e. The van der Waals surface area contributed by atoms with Gasteiger partial charge in [-0.1, -0.05) is 22.9 Å². The monoisotopic (exact) mass is 446 g/mol. The van der Waals surface area contributed by atoms with Crippen molar-refractivity contribution in [1.29, 1.82) is 0 Å². The molecule has 0 aliphatic rings. The molecule has 3 heterocycles. The van der Waals surface area contributed by atoms with Crippen LogP contribution in [0.2, 0.25) is 5.02 Å². The molecule has 1 aromatic carbocycles. The summed E-state index contributed by atoms with van der Waals surface area (Å²) in [6.45, 7) is 0. The summed E-state index contributed by atoms with van der Waals surface area (Å²) in [5.74, 6) is 0.323. The third kappa shape index (κ3) is 4.65. The first-order valence-corrected chi connectivity index (χ1v) is 10.2. The number of halogens is 1. The molecule has 3 aromatic heterocycles. The van der Waals surface area contributed by atoms with Gasteiger partial charge < -0.3 is 10.6 Å². The van der Waals surface area contributed by atoms with Crippen molar-refractivity contribution < 1.29 is 9.72 Å². The summed E-state index contributed by atoms with van der Waals surface area (Å²) in [6.07, 6.45) is 1.60. The highest BCUT2D eigenvalue weighted by Crippen LogP contribution is 2.29. The van der Waals surface area contributed by atoms with Crippen LogP contribution in [0.1, 0.15) is 5.69 Å². The van der Waals surface area contributed by atoms with Crippen LogP contribution in [-0.2, 0) is 11.2 Å². The summed E-state index contributed by atoms with van der Waals surface area (Å²) < 4.78 is 0.630. The van der Waals surface area contributed by atoms with E-state index in [0.29, 0.717) is 37.0 Å². The largest absolute Gasteiger partial charge is 0.316 e. The van der Waals surface area contributed by atoms with Crippen LogP contribution in [0.5, 0.6) is 0 Å². The SMILES string of the molecule is O=C(Cc1csc(Nc2ccc(Cl)cn2)n1)Nc1nc2ccc([N+](=O)[O-])cc2s1. The third-order valence-corrected chi connectivity index (χ3v) is 5.65. The zero-order valence-electron chi connectivity index (χ0n) is 14.5. The number of anilines is 3. The van der Waals surface area contributed by atoms with Crippen LogP contribution in [0.3, 0.4) is 0 Å². The van der Waals surface area contributed by atoms with Crippen molar-refractivity contribution in [2.24, 2.45) is 0 Å². The number of rotatable bonds is 6. The van der Waals surface area contributed by atoms with Crippen LogP contribution in [-0.4, -0.2) is 25.8 Å². The van der Waals surface area contributed by atoms with Crippen molar-refractivity contribution >= 4 is 72.2 Å². The number of nitro groups is 1. The molecule has 4 rings (SSSR count). The van der Waals surface area contributed by atoms with Gasteiger partial charge in [-0.15, -0.1) is 11.3 Å². The van der Waals surface area contributed by atoms with Gasteiger partial charge in [-0.25, -0.2) is 15.0 Å². The van der Waals surface area contributed by atoms with Crippen molar-refractivity contribution in [3.05, 3.63) is 62.7 Å². The van der Waals surface area contributed by atoms with E-state index < -0.39 is 4.92 Å². The number of benzene rings is 1. The number of nitrogens with one attached hydrogen (secondary N) is 2. The zero-order valence-corrected chi connectivity index (χ0v) is 16.8. The molecule has 0 saturated heterocycles. The molecule has 146 valence electrons. The summed E-state index contributed by atoms with van der Waals surface area (Å²) in [6, 6.07) is 7.82. The van der Waals surface area contributed by atoms with Crippen LogP contribution in [0.4, 0.5) is 21.8 Å². The predicted octanol–water partition coefficient (Wildman–Crippen LogP) is 4.63. The minimum absolute atomic E-state index is 0.0169. The number of hydrogen-bond acceptors (Lipinski definition) is 9. The number of fused-ring (bicyclic) bond motifs is 1. The molecule has 2 N–H and O–H groups in total. The normalized spacial score (nSPS) is 10.8. The molecule has 4 aromatic rings. The lowest BCUT2D eigenvalue weighted by Crippen LogP contribution is -2.14. The first-order valence-electron chi connectivity index (χ1n) is 8.14. The maximum Gasteiger partial charge on any atom is 0.270 e. The summed E-state index contributed by atoms with van der Waals surface area (Å²) in [4.78, 5) is 35.5. The molecule has 0 aliphatic heterocycles. The van der Waals surface area contributed by atoms with Crippen molar-refractivity contribution in [3.8, 4) is 0 Å². The molecule has 0 saturated carbocycles. The van der Waals surface area contributed by atoms with Gasteiger partial charge in [0.25, 0.3) is 5.69 Å². The third-order valence-electron chi connectivity index (χ3n) is 3.69. The molecule has 0 atom stereocenters. The molecule has 0 radical (unpaired) electrons. The number of hydrogen-bond donors (Lipinski definition) is 2. The molecule has 29 heavy (non-hydrogen) atoms. The maximum atomic E-state index is 12.3. The number of non-ortho nitro benzene ring substituents is 1. The van der Waals surface area contributed by atoms with Crippen LogP contribution in [0, 0.1) is 10.1 Å².